The predicted octanol–water partition coefficient (Wildman–Crippen LogP) is 4.71. The minimum absolute atomic E-state index is 0.134. The van der Waals surface area contributed by atoms with Gasteiger partial charge in [0.15, 0.2) is 0 Å². The highest BCUT2D eigenvalue weighted by Crippen LogP contribution is 2.34. The van der Waals surface area contributed by atoms with Crippen molar-refractivity contribution in [2.45, 2.75) is 51.5 Å². The average Bonchev–Trinajstić information content (AvgIpc) is 3.24. The van der Waals surface area contributed by atoms with Crippen LogP contribution in [0.5, 0.6) is 5.75 Å². The number of benzene rings is 3. The summed E-state index contributed by atoms with van der Waals surface area (Å²) in [6, 6.07) is 18.4. The zero-order valence-corrected chi connectivity index (χ0v) is 21.2. The van der Waals surface area contributed by atoms with Crippen LogP contribution in [0.4, 0.5) is 4.39 Å². The number of amides is 2. The maximum absolute atomic E-state index is 13.6. The van der Waals surface area contributed by atoms with Crippen molar-refractivity contribution in [2.75, 3.05) is 6.54 Å². The molecule has 1 atom stereocenters. The van der Waals surface area contributed by atoms with Crippen LogP contribution in [0.3, 0.4) is 0 Å². The van der Waals surface area contributed by atoms with Crippen molar-refractivity contribution in [3.63, 3.8) is 0 Å². The van der Waals surface area contributed by atoms with Gasteiger partial charge in [-0.2, -0.15) is 0 Å². The first kappa shape index (κ1) is 24.4. The topological polar surface area (TPSA) is 61.9 Å². The van der Waals surface area contributed by atoms with Gasteiger partial charge in [0.05, 0.1) is 6.54 Å². The Balaban J connectivity index is 1.08. The molecule has 1 saturated heterocycles. The second kappa shape index (κ2) is 10.1. The van der Waals surface area contributed by atoms with Crippen molar-refractivity contribution < 1.29 is 18.7 Å². The highest BCUT2D eigenvalue weighted by atomic mass is 19.1. The van der Waals surface area contributed by atoms with Crippen LogP contribution < -0.4 is 10.1 Å². The summed E-state index contributed by atoms with van der Waals surface area (Å²) >= 11 is 0. The molecule has 3 aromatic carbocycles. The summed E-state index contributed by atoms with van der Waals surface area (Å²) in [4.78, 5) is 29.6. The first-order valence-electron chi connectivity index (χ1n) is 13.1. The van der Waals surface area contributed by atoms with Crippen LogP contribution in [0.1, 0.15) is 51.0 Å². The van der Waals surface area contributed by atoms with Gasteiger partial charge < -0.3 is 15.0 Å². The van der Waals surface area contributed by atoms with Crippen molar-refractivity contribution in [1.82, 2.24) is 15.1 Å². The van der Waals surface area contributed by atoms with E-state index in [1.54, 1.807) is 23.1 Å². The molecule has 3 aliphatic heterocycles. The number of rotatable bonds is 6. The molecule has 2 amide bonds. The van der Waals surface area contributed by atoms with Crippen molar-refractivity contribution >= 4 is 11.8 Å². The minimum atomic E-state index is -0.492. The van der Waals surface area contributed by atoms with E-state index < -0.39 is 6.04 Å². The maximum atomic E-state index is 13.6. The number of nitrogens with one attached hydrogen (secondary N) is 1. The molecule has 38 heavy (non-hydrogen) atoms. The van der Waals surface area contributed by atoms with Gasteiger partial charge >= 0.3 is 0 Å². The number of hydrogen-bond donors (Lipinski definition) is 1. The monoisotopic (exact) mass is 511 g/mol. The molecule has 0 unspecified atom stereocenters. The standard InChI is InChI=1S/C31H30FN3O3/c1-20-5-12-28(30(36)33-20)35-18-27-26(31(35)37)3-2-4-29(27)38-19-22-8-6-21(7-9-22)16-34-14-13-23-10-11-25(32)15-24(23)17-34/h2-4,6-11,15,28H,1,5,12-14,16-19H2,(H,33,36)/t28-/m0/s1. The molecule has 0 saturated carbocycles. The van der Waals surface area contributed by atoms with Crippen LogP contribution >= 0.6 is 0 Å². The predicted molar refractivity (Wildman–Crippen MR) is 142 cm³/mol. The van der Waals surface area contributed by atoms with Crippen molar-refractivity contribution in [3.8, 4) is 5.75 Å². The Morgan fingerprint density at radius 3 is 2.61 bits per heavy atom. The molecule has 1 fully saturated rings. The number of carbonyl (C=O) groups excluding carboxylic acids is 2. The Kier molecular flexibility index (Phi) is 6.45. The Bertz CT molecular complexity index is 1420. The zero-order valence-electron chi connectivity index (χ0n) is 21.2. The van der Waals surface area contributed by atoms with Crippen LogP contribution in [0.15, 0.2) is 72.9 Å². The zero-order chi connectivity index (χ0) is 26.2. The van der Waals surface area contributed by atoms with E-state index >= 15 is 0 Å². The molecule has 3 aromatic rings. The largest absolute Gasteiger partial charge is 0.489 e. The van der Waals surface area contributed by atoms with Gasteiger partial charge in [-0.1, -0.05) is 43.0 Å². The Morgan fingerprint density at radius 2 is 1.79 bits per heavy atom. The molecule has 0 aromatic heterocycles. The van der Waals surface area contributed by atoms with E-state index in [9.17, 15) is 14.0 Å². The van der Waals surface area contributed by atoms with Crippen LogP contribution in [0.2, 0.25) is 0 Å². The van der Waals surface area contributed by atoms with E-state index in [4.69, 9.17) is 4.74 Å². The molecule has 0 aliphatic carbocycles. The van der Waals surface area contributed by atoms with E-state index in [1.165, 1.54) is 11.1 Å². The first-order valence-corrected chi connectivity index (χ1v) is 13.1. The molecule has 0 radical (unpaired) electrons. The van der Waals surface area contributed by atoms with E-state index in [0.717, 1.165) is 42.7 Å². The number of halogens is 1. The van der Waals surface area contributed by atoms with Gasteiger partial charge in [-0.05, 0) is 65.8 Å². The molecule has 194 valence electrons. The molecule has 3 heterocycles. The molecular weight excluding hydrogens is 481 g/mol. The second-order valence-corrected chi connectivity index (χ2v) is 10.3. The Hall–Kier alpha value is -3.97. The van der Waals surface area contributed by atoms with Crippen molar-refractivity contribution in [1.29, 1.82) is 0 Å². The van der Waals surface area contributed by atoms with Crippen LogP contribution in [0.25, 0.3) is 0 Å². The number of hydrogen-bond acceptors (Lipinski definition) is 4. The van der Waals surface area contributed by atoms with E-state index in [0.29, 0.717) is 43.0 Å². The van der Waals surface area contributed by atoms with Gasteiger partial charge in [0.1, 0.15) is 24.2 Å². The van der Waals surface area contributed by atoms with E-state index in [-0.39, 0.29) is 17.6 Å². The summed E-state index contributed by atoms with van der Waals surface area (Å²) in [7, 11) is 0. The fourth-order valence-corrected chi connectivity index (χ4v) is 5.65. The summed E-state index contributed by atoms with van der Waals surface area (Å²) in [5, 5.41) is 2.78. The van der Waals surface area contributed by atoms with Gasteiger partial charge in [-0.15, -0.1) is 0 Å². The average molecular weight is 512 g/mol. The number of allylic oxidation sites excluding steroid dienone is 1. The molecule has 0 spiro atoms. The van der Waals surface area contributed by atoms with Crippen molar-refractivity contribution in [3.05, 3.63) is 112 Å². The third-order valence-electron chi connectivity index (χ3n) is 7.73. The third-order valence-corrected chi connectivity index (χ3v) is 7.73. The lowest BCUT2D eigenvalue weighted by molar-refractivity contribution is -0.126. The second-order valence-electron chi connectivity index (χ2n) is 10.3. The molecule has 7 heteroatoms. The van der Waals surface area contributed by atoms with Crippen molar-refractivity contribution in [2.24, 2.45) is 0 Å². The highest BCUT2D eigenvalue weighted by molar-refractivity contribution is 6.02. The molecule has 6 nitrogen and oxygen atoms in total. The van der Waals surface area contributed by atoms with Gasteiger partial charge in [-0.25, -0.2) is 4.39 Å². The lowest BCUT2D eigenvalue weighted by atomic mass is 9.99. The summed E-state index contributed by atoms with van der Waals surface area (Å²) in [5.41, 5.74) is 6.66. The number of nitrogens with zero attached hydrogens (tertiary/aromatic N) is 2. The maximum Gasteiger partial charge on any atom is 0.255 e. The van der Waals surface area contributed by atoms with E-state index in [2.05, 4.69) is 41.1 Å². The van der Waals surface area contributed by atoms with Gasteiger partial charge in [0.2, 0.25) is 5.91 Å². The molecule has 3 aliphatic rings. The smallest absolute Gasteiger partial charge is 0.255 e. The molecule has 1 N–H and O–H groups in total. The summed E-state index contributed by atoms with van der Waals surface area (Å²) in [5.74, 6) is 0.181. The quantitative estimate of drug-likeness (QED) is 0.521. The van der Waals surface area contributed by atoms with Crippen LogP contribution in [-0.4, -0.2) is 34.2 Å². The van der Waals surface area contributed by atoms with Gasteiger partial charge in [-0.3, -0.25) is 14.5 Å². The normalized spacial score (nSPS) is 19.2. The summed E-state index contributed by atoms with van der Waals surface area (Å²) in [6.07, 6.45) is 2.18. The summed E-state index contributed by atoms with van der Waals surface area (Å²) < 4.78 is 19.8. The SMILES string of the molecule is C=C1CC[C@H](N2Cc3c(OCc4ccc(CN5CCc6ccc(F)cc6C5)cc4)cccc3C2=O)C(=O)N1. The van der Waals surface area contributed by atoms with Gasteiger partial charge in [0.25, 0.3) is 5.91 Å². The fraction of sp³-hybridized carbons (Fsp3) is 0.290. The Labute approximate surface area is 221 Å². The Morgan fingerprint density at radius 1 is 0.974 bits per heavy atom. The first-order chi connectivity index (χ1) is 18.4. The lowest BCUT2D eigenvalue weighted by Gasteiger charge is -2.31. The number of piperidine rings is 1. The third kappa shape index (κ3) is 4.82. The molecular formula is C31H30FN3O3. The highest BCUT2D eigenvalue weighted by Gasteiger charge is 2.39. The fourth-order valence-electron chi connectivity index (χ4n) is 5.65. The number of carbonyl (C=O) groups is 2. The van der Waals surface area contributed by atoms with Crippen LogP contribution in [0, 0.1) is 5.82 Å². The number of fused-ring (bicyclic) bond motifs is 2. The molecule has 6 rings (SSSR count). The van der Waals surface area contributed by atoms with E-state index in [1.807, 2.05) is 18.2 Å². The number of ether oxygens (including phenoxy) is 1. The molecule has 0 bridgehead atoms. The summed E-state index contributed by atoms with van der Waals surface area (Å²) in [6.45, 7) is 7.08. The van der Waals surface area contributed by atoms with Crippen LogP contribution in [-0.2, 0) is 37.5 Å². The lowest BCUT2D eigenvalue weighted by Crippen LogP contribution is -2.49. The minimum Gasteiger partial charge on any atom is -0.489 e. The van der Waals surface area contributed by atoms with Gasteiger partial charge in [0, 0.05) is 36.5 Å².